The molecule has 0 heterocycles. The van der Waals surface area contributed by atoms with Gasteiger partial charge in [0.05, 0.1) is 17.0 Å². The van der Waals surface area contributed by atoms with E-state index in [1.165, 1.54) is 12.1 Å². The largest absolute Gasteiger partial charge is 0.390 e. The average molecular weight is 366 g/mol. The number of hydrogen-bond acceptors (Lipinski definition) is 4. The Balaban J connectivity index is 1.72. The first-order valence-corrected chi connectivity index (χ1v) is 10.1. The van der Waals surface area contributed by atoms with Crippen molar-refractivity contribution in [2.24, 2.45) is 16.7 Å². The van der Waals surface area contributed by atoms with Crippen LogP contribution in [0.5, 0.6) is 0 Å². The Morgan fingerprint density at radius 3 is 2.32 bits per heavy atom. The number of rotatable bonds is 3. The highest BCUT2D eigenvalue weighted by Gasteiger charge is 2.66. The van der Waals surface area contributed by atoms with Crippen molar-refractivity contribution in [3.63, 3.8) is 0 Å². The second-order valence-corrected chi connectivity index (χ2v) is 9.83. The number of urea groups is 1. The number of carbonyl (C=O) groups excluding carboxylic acids is 1. The molecule has 138 valence electrons. The Bertz CT molecular complexity index is 788. The lowest BCUT2D eigenvalue weighted by atomic mass is 9.70. The van der Waals surface area contributed by atoms with E-state index in [-0.39, 0.29) is 21.6 Å². The van der Waals surface area contributed by atoms with Crippen LogP contribution in [0, 0.1) is 23.7 Å². The molecule has 2 bridgehead atoms. The normalized spacial score (nSPS) is 33.2. The van der Waals surface area contributed by atoms with Crippen LogP contribution in [0.1, 0.15) is 39.2 Å². The third-order valence-corrected chi connectivity index (χ3v) is 8.00. The van der Waals surface area contributed by atoms with Crippen molar-refractivity contribution in [2.75, 3.05) is 0 Å². The van der Waals surface area contributed by atoms with E-state index in [9.17, 15) is 18.3 Å². The molecule has 0 radical (unpaired) electrons. The van der Waals surface area contributed by atoms with E-state index in [1.807, 2.05) is 18.6 Å². The van der Waals surface area contributed by atoms with Gasteiger partial charge in [-0.25, -0.2) is 17.9 Å². The second kappa shape index (κ2) is 5.71. The van der Waals surface area contributed by atoms with Gasteiger partial charge in [-0.1, -0.05) is 38.5 Å². The summed E-state index contributed by atoms with van der Waals surface area (Å²) >= 11 is 0. The lowest BCUT2D eigenvalue weighted by molar-refractivity contribution is 0.00193. The lowest BCUT2D eigenvalue weighted by Crippen LogP contribution is -2.52. The van der Waals surface area contributed by atoms with Gasteiger partial charge in [-0.2, -0.15) is 0 Å². The molecule has 2 fully saturated rings. The van der Waals surface area contributed by atoms with Crippen LogP contribution in [0.2, 0.25) is 0 Å². The third kappa shape index (κ3) is 2.73. The van der Waals surface area contributed by atoms with Gasteiger partial charge in [0.25, 0.3) is 10.0 Å². The Hall–Kier alpha value is -1.60. The minimum Gasteiger partial charge on any atom is -0.390 e. The Labute approximate surface area is 149 Å². The highest BCUT2D eigenvalue weighted by molar-refractivity contribution is 7.90. The molecule has 0 aliphatic heterocycles. The minimum atomic E-state index is -3.94. The molecular weight excluding hydrogens is 340 g/mol. The molecule has 2 aliphatic rings. The van der Waals surface area contributed by atoms with Crippen molar-refractivity contribution in [1.29, 1.82) is 0 Å². The van der Waals surface area contributed by atoms with Gasteiger partial charge in [0.15, 0.2) is 0 Å². The molecule has 3 rings (SSSR count). The number of hydrogen-bond donors (Lipinski definition) is 3. The number of aliphatic hydroxyl groups is 1. The predicted molar refractivity (Wildman–Crippen MR) is 94.4 cm³/mol. The molecule has 3 unspecified atom stereocenters. The first kappa shape index (κ1) is 18.2. The van der Waals surface area contributed by atoms with Crippen LogP contribution in [0.3, 0.4) is 0 Å². The molecule has 3 N–H and O–H groups in total. The summed E-state index contributed by atoms with van der Waals surface area (Å²) in [6.07, 6.45) is 1.14. The average Bonchev–Trinajstić information content (AvgIpc) is 2.81. The number of benzene rings is 1. The molecule has 0 saturated heterocycles. The SMILES string of the molecule is Cc1ccc(S(=O)(=O)NC(=O)NC2C(O)C3(C)CC[C@H]2C3(C)C)cc1. The molecular formula is C18H26N2O4S. The fraction of sp³-hybridized carbons (Fsp3) is 0.611. The monoisotopic (exact) mass is 366 g/mol. The zero-order chi connectivity index (χ0) is 18.6. The van der Waals surface area contributed by atoms with Crippen molar-refractivity contribution < 1.29 is 18.3 Å². The van der Waals surface area contributed by atoms with Gasteiger partial charge < -0.3 is 10.4 Å². The van der Waals surface area contributed by atoms with Gasteiger partial charge in [-0.15, -0.1) is 0 Å². The van der Waals surface area contributed by atoms with E-state index < -0.39 is 28.2 Å². The van der Waals surface area contributed by atoms with E-state index in [1.54, 1.807) is 12.1 Å². The highest BCUT2D eigenvalue weighted by atomic mass is 32.2. The van der Waals surface area contributed by atoms with Crippen LogP contribution >= 0.6 is 0 Å². The van der Waals surface area contributed by atoms with Crippen LogP contribution in [-0.2, 0) is 10.0 Å². The van der Waals surface area contributed by atoms with Gasteiger partial charge >= 0.3 is 6.03 Å². The van der Waals surface area contributed by atoms with Gasteiger partial charge in [-0.3, -0.25) is 0 Å². The minimum absolute atomic E-state index is 0.0361. The third-order valence-electron chi connectivity index (χ3n) is 6.66. The number of amides is 2. The summed E-state index contributed by atoms with van der Waals surface area (Å²) in [4.78, 5) is 12.3. The molecule has 7 heteroatoms. The quantitative estimate of drug-likeness (QED) is 0.764. The van der Waals surface area contributed by atoms with Gasteiger partial charge in [0.1, 0.15) is 0 Å². The van der Waals surface area contributed by atoms with E-state index in [4.69, 9.17) is 0 Å². The maximum absolute atomic E-state index is 12.3. The van der Waals surface area contributed by atoms with Gasteiger partial charge in [0.2, 0.25) is 0 Å². The zero-order valence-electron chi connectivity index (χ0n) is 15.0. The number of aryl methyl sites for hydroxylation is 1. The molecule has 2 saturated carbocycles. The number of sulfonamides is 1. The molecule has 2 amide bonds. The van der Waals surface area contributed by atoms with Crippen LogP contribution in [0.4, 0.5) is 4.79 Å². The van der Waals surface area contributed by atoms with Crippen LogP contribution in [0.15, 0.2) is 29.2 Å². The summed E-state index contributed by atoms with van der Waals surface area (Å²) in [5.41, 5.74) is 0.551. The van der Waals surface area contributed by atoms with Crippen molar-refractivity contribution in [3.05, 3.63) is 29.8 Å². The topological polar surface area (TPSA) is 95.5 Å². The van der Waals surface area contributed by atoms with Crippen LogP contribution in [0.25, 0.3) is 0 Å². The summed E-state index contributed by atoms with van der Waals surface area (Å²) in [6.45, 7) is 8.11. The molecule has 0 spiro atoms. The predicted octanol–water partition coefficient (Wildman–Crippen LogP) is 2.17. The summed E-state index contributed by atoms with van der Waals surface area (Å²) < 4.78 is 26.7. The number of aliphatic hydroxyl groups excluding tert-OH is 1. The number of carbonyl (C=O) groups is 1. The molecule has 0 aromatic heterocycles. The van der Waals surface area contributed by atoms with Crippen molar-refractivity contribution in [2.45, 2.75) is 57.6 Å². The molecule has 6 nitrogen and oxygen atoms in total. The van der Waals surface area contributed by atoms with E-state index >= 15 is 0 Å². The Kier molecular flexibility index (Phi) is 4.15. The Morgan fingerprint density at radius 1 is 1.20 bits per heavy atom. The lowest BCUT2D eigenvalue weighted by Gasteiger charge is -2.37. The Morgan fingerprint density at radius 2 is 1.80 bits per heavy atom. The van der Waals surface area contributed by atoms with Crippen molar-refractivity contribution in [3.8, 4) is 0 Å². The fourth-order valence-electron chi connectivity index (χ4n) is 4.59. The fourth-order valence-corrected chi connectivity index (χ4v) is 5.51. The molecule has 1 aromatic rings. The maximum atomic E-state index is 12.3. The smallest absolute Gasteiger partial charge is 0.329 e. The number of fused-ring (bicyclic) bond motifs is 2. The summed E-state index contributed by atoms with van der Waals surface area (Å²) in [7, 11) is -3.94. The van der Waals surface area contributed by atoms with Crippen LogP contribution in [-0.4, -0.2) is 31.7 Å². The summed E-state index contributed by atoms with van der Waals surface area (Å²) in [5.74, 6) is 0.125. The van der Waals surface area contributed by atoms with E-state index in [0.29, 0.717) is 0 Å². The molecule has 4 atom stereocenters. The van der Waals surface area contributed by atoms with Crippen molar-refractivity contribution >= 4 is 16.1 Å². The molecule has 25 heavy (non-hydrogen) atoms. The maximum Gasteiger partial charge on any atom is 0.329 e. The highest BCUT2D eigenvalue weighted by Crippen LogP contribution is 2.65. The first-order chi connectivity index (χ1) is 11.5. The molecule has 2 aliphatic carbocycles. The second-order valence-electron chi connectivity index (χ2n) is 8.15. The zero-order valence-corrected chi connectivity index (χ0v) is 15.9. The van der Waals surface area contributed by atoms with Gasteiger partial charge in [0, 0.05) is 5.41 Å². The summed E-state index contributed by atoms with van der Waals surface area (Å²) in [5, 5.41) is 13.4. The van der Waals surface area contributed by atoms with E-state index in [2.05, 4.69) is 19.2 Å². The van der Waals surface area contributed by atoms with Crippen molar-refractivity contribution in [1.82, 2.24) is 10.0 Å². The van der Waals surface area contributed by atoms with Gasteiger partial charge in [-0.05, 0) is 43.2 Å². The first-order valence-electron chi connectivity index (χ1n) is 8.57. The van der Waals surface area contributed by atoms with E-state index in [0.717, 1.165) is 18.4 Å². The standard InChI is InChI=1S/C18H26N2O4S/c1-11-5-7-12(8-6-11)25(23,24)20-16(22)19-14-13-9-10-18(4,15(14)21)17(13,2)3/h5-8,13-15,21H,9-10H2,1-4H3,(H2,19,20,22)/t13-,14?,15?,18?/m1/s1. The summed E-state index contributed by atoms with van der Waals surface area (Å²) in [6, 6.07) is 5.03. The number of nitrogens with one attached hydrogen (secondary N) is 2. The molecule has 1 aromatic carbocycles. The van der Waals surface area contributed by atoms with Crippen LogP contribution < -0.4 is 10.0 Å².